The van der Waals surface area contributed by atoms with E-state index in [0.29, 0.717) is 28.3 Å². The predicted molar refractivity (Wildman–Crippen MR) is 113 cm³/mol. The number of halogens is 2. The Morgan fingerprint density at radius 3 is 2.60 bits per heavy atom. The van der Waals surface area contributed by atoms with E-state index in [1.807, 2.05) is 12.1 Å². The molecule has 9 heteroatoms. The second kappa shape index (κ2) is 8.37. The van der Waals surface area contributed by atoms with Gasteiger partial charge in [-0.1, -0.05) is 28.1 Å². The summed E-state index contributed by atoms with van der Waals surface area (Å²) in [5, 5.41) is 10.1. The summed E-state index contributed by atoms with van der Waals surface area (Å²) < 4.78 is 21.0. The van der Waals surface area contributed by atoms with E-state index in [-0.39, 0.29) is 30.7 Å². The standard InChI is InChI=1S/C21H18BrFN4O3/c1-30-11-16-19(12-2-6-14(23)7-3-12)20-25-21(29)17(27(20)26-16)10-18(28)24-15-8-4-13(22)5-9-15/h2-9,17H,10-11H2,1H3,(H,24,28)(H,25,29). The van der Waals surface area contributed by atoms with Crippen LogP contribution in [0.5, 0.6) is 0 Å². The van der Waals surface area contributed by atoms with Gasteiger partial charge in [0.15, 0.2) is 0 Å². The summed E-state index contributed by atoms with van der Waals surface area (Å²) >= 11 is 3.35. The number of nitrogens with zero attached hydrogens (tertiary/aromatic N) is 2. The molecule has 0 fully saturated rings. The molecule has 2 N–H and O–H groups in total. The van der Waals surface area contributed by atoms with Gasteiger partial charge in [-0.3, -0.25) is 9.59 Å². The number of hydrogen-bond acceptors (Lipinski definition) is 4. The van der Waals surface area contributed by atoms with Gasteiger partial charge >= 0.3 is 0 Å². The molecule has 0 saturated heterocycles. The van der Waals surface area contributed by atoms with Crippen LogP contribution in [0.2, 0.25) is 0 Å². The Hall–Kier alpha value is -3.04. The summed E-state index contributed by atoms with van der Waals surface area (Å²) in [5.74, 6) is -0.518. The number of nitrogens with one attached hydrogen (secondary N) is 2. The first-order chi connectivity index (χ1) is 14.5. The Kier molecular flexibility index (Phi) is 5.65. The topological polar surface area (TPSA) is 85.2 Å². The van der Waals surface area contributed by atoms with Crippen LogP contribution in [0.15, 0.2) is 53.0 Å². The van der Waals surface area contributed by atoms with Crippen molar-refractivity contribution in [3.8, 4) is 11.1 Å². The number of carbonyl (C=O) groups excluding carboxylic acids is 2. The minimum absolute atomic E-state index is 0.0775. The lowest BCUT2D eigenvalue weighted by molar-refractivity contribution is -0.123. The molecule has 0 spiro atoms. The van der Waals surface area contributed by atoms with Crippen LogP contribution in [0.3, 0.4) is 0 Å². The largest absolute Gasteiger partial charge is 0.378 e. The van der Waals surface area contributed by atoms with Gasteiger partial charge < -0.3 is 15.4 Å². The predicted octanol–water partition coefficient (Wildman–Crippen LogP) is 4.12. The molecule has 1 aromatic heterocycles. The molecule has 0 bridgehead atoms. The lowest BCUT2D eigenvalue weighted by atomic mass is 10.1. The molecular formula is C21H18BrFN4O3. The van der Waals surface area contributed by atoms with Crippen LogP contribution >= 0.6 is 15.9 Å². The maximum Gasteiger partial charge on any atom is 0.251 e. The fourth-order valence-corrected chi connectivity index (χ4v) is 3.66. The quantitative estimate of drug-likeness (QED) is 0.564. The van der Waals surface area contributed by atoms with Gasteiger partial charge in [0, 0.05) is 22.8 Å². The molecular weight excluding hydrogens is 455 g/mol. The molecule has 0 aliphatic carbocycles. The van der Waals surface area contributed by atoms with Crippen LogP contribution in [0, 0.1) is 5.82 Å². The number of anilines is 2. The summed E-state index contributed by atoms with van der Waals surface area (Å²) in [6.45, 7) is 0.209. The Morgan fingerprint density at radius 1 is 1.23 bits per heavy atom. The van der Waals surface area contributed by atoms with Crippen LogP contribution in [-0.2, 0) is 20.9 Å². The lowest BCUT2D eigenvalue weighted by Crippen LogP contribution is -2.24. The highest BCUT2D eigenvalue weighted by Crippen LogP contribution is 2.39. The SMILES string of the molecule is COCc1nn2c(c1-c1ccc(F)cc1)NC(=O)C2CC(=O)Nc1ccc(Br)cc1. The van der Waals surface area contributed by atoms with Crippen LogP contribution in [-0.4, -0.2) is 28.7 Å². The van der Waals surface area contributed by atoms with E-state index in [1.54, 1.807) is 31.4 Å². The summed E-state index contributed by atoms with van der Waals surface area (Å²) in [6.07, 6.45) is -0.0775. The van der Waals surface area contributed by atoms with Crippen molar-refractivity contribution < 1.29 is 18.7 Å². The first-order valence-electron chi connectivity index (χ1n) is 9.19. The average molecular weight is 473 g/mol. The monoisotopic (exact) mass is 472 g/mol. The van der Waals surface area contributed by atoms with Crippen molar-refractivity contribution in [3.05, 3.63) is 64.5 Å². The molecule has 2 aromatic carbocycles. The number of aromatic nitrogens is 2. The third kappa shape index (κ3) is 3.99. The summed E-state index contributed by atoms with van der Waals surface area (Å²) in [5.41, 5.74) is 2.58. The molecule has 154 valence electrons. The molecule has 1 atom stereocenters. The molecule has 1 aliphatic rings. The van der Waals surface area contributed by atoms with Gasteiger partial charge in [-0.2, -0.15) is 5.10 Å². The first-order valence-corrected chi connectivity index (χ1v) is 9.98. The highest BCUT2D eigenvalue weighted by molar-refractivity contribution is 9.10. The molecule has 1 aliphatic heterocycles. The van der Waals surface area contributed by atoms with E-state index >= 15 is 0 Å². The Morgan fingerprint density at radius 2 is 1.93 bits per heavy atom. The number of rotatable bonds is 6. The highest BCUT2D eigenvalue weighted by atomic mass is 79.9. The van der Waals surface area contributed by atoms with Crippen molar-refractivity contribution in [1.29, 1.82) is 0 Å². The van der Waals surface area contributed by atoms with Gasteiger partial charge in [0.25, 0.3) is 5.91 Å². The van der Waals surface area contributed by atoms with Gasteiger partial charge in [0.1, 0.15) is 17.7 Å². The number of benzene rings is 2. The fraction of sp³-hybridized carbons (Fsp3) is 0.190. The van der Waals surface area contributed by atoms with Crippen LogP contribution in [0.25, 0.3) is 11.1 Å². The molecule has 0 radical (unpaired) electrons. The number of fused-ring (bicyclic) bond motifs is 1. The van der Waals surface area contributed by atoms with Crippen molar-refractivity contribution in [2.75, 3.05) is 17.7 Å². The molecule has 2 amide bonds. The van der Waals surface area contributed by atoms with Crippen molar-refractivity contribution in [2.45, 2.75) is 19.1 Å². The Bertz CT molecular complexity index is 1100. The lowest BCUT2D eigenvalue weighted by Gasteiger charge is -2.10. The molecule has 4 rings (SSSR count). The number of hydrogen-bond donors (Lipinski definition) is 2. The van der Waals surface area contributed by atoms with Crippen LogP contribution in [0.4, 0.5) is 15.9 Å². The highest BCUT2D eigenvalue weighted by Gasteiger charge is 2.37. The van der Waals surface area contributed by atoms with E-state index in [2.05, 4.69) is 31.7 Å². The Labute approximate surface area is 180 Å². The number of amides is 2. The van der Waals surface area contributed by atoms with Crippen molar-refractivity contribution in [2.24, 2.45) is 0 Å². The van der Waals surface area contributed by atoms with E-state index < -0.39 is 6.04 Å². The maximum absolute atomic E-state index is 13.4. The smallest absolute Gasteiger partial charge is 0.251 e. The summed E-state index contributed by atoms with van der Waals surface area (Å²) in [6, 6.07) is 12.3. The van der Waals surface area contributed by atoms with Crippen molar-refractivity contribution >= 4 is 39.2 Å². The maximum atomic E-state index is 13.4. The van der Waals surface area contributed by atoms with E-state index in [9.17, 15) is 14.0 Å². The van der Waals surface area contributed by atoms with Gasteiger partial charge in [0.05, 0.1) is 18.7 Å². The molecule has 2 heterocycles. The van der Waals surface area contributed by atoms with Crippen molar-refractivity contribution in [3.63, 3.8) is 0 Å². The van der Waals surface area contributed by atoms with Crippen LogP contribution in [0.1, 0.15) is 18.2 Å². The minimum atomic E-state index is -0.791. The van der Waals surface area contributed by atoms with Crippen LogP contribution < -0.4 is 10.6 Å². The number of methoxy groups -OCH3 is 1. The second-order valence-electron chi connectivity index (χ2n) is 6.82. The number of ether oxygens (including phenoxy) is 1. The fourth-order valence-electron chi connectivity index (χ4n) is 3.40. The molecule has 0 saturated carbocycles. The van der Waals surface area contributed by atoms with Gasteiger partial charge in [-0.05, 0) is 42.0 Å². The second-order valence-corrected chi connectivity index (χ2v) is 7.73. The molecule has 7 nitrogen and oxygen atoms in total. The van der Waals surface area contributed by atoms with E-state index in [4.69, 9.17) is 4.74 Å². The normalized spacial score (nSPS) is 15.0. The summed E-state index contributed by atoms with van der Waals surface area (Å²) in [7, 11) is 1.54. The van der Waals surface area contributed by atoms with Gasteiger partial charge in [-0.15, -0.1) is 0 Å². The van der Waals surface area contributed by atoms with Gasteiger partial charge in [-0.25, -0.2) is 9.07 Å². The third-order valence-electron chi connectivity index (χ3n) is 4.74. The Balaban J connectivity index is 1.61. The minimum Gasteiger partial charge on any atom is -0.378 e. The zero-order chi connectivity index (χ0) is 21.3. The molecule has 3 aromatic rings. The van der Waals surface area contributed by atoms with E-state index in [1.165, 1.54) is 16.8 Å². The zero-order valence-electron chi connectivity index (χ0n) is 16.0. The molecule has 1 unspecified atom stereocenters. The zero-order valence-corrected chi connectivity index (χ0v) is 17.6. The van der Waals surface area contributed by atoms with Gasteiger partial charge in [0.2, 0.25) is 5.91 Å². The average Bonchev–Trinajstić information content (AvgIpc) is 3.20. The first kappa shape index (κ1) is 20.2. The molecule has 30 heavy (non-hydrogen) atoms. The number of carbonyl (C=O) groups is 2. The summed E-state index contributed by atoms with van der Waals surface area (Å²) in [4.78, 5) is 25.1. The van der Waals surface area contributed by atoms with E-state index in [0.717, 1.165) is 4.47 Å². The van der Waals surface area contributed by atoms with Crippen molar-refractivity contribution in [1.82, 2.24) is 9.78 Å². The third-order valence-corrected chi connectivity index (χ3v) is 5.27.